The Morgan fingerprint density at radius 3 is 1.23 bits per heavy atom. The molecular weight excluding hydrogens is 204 g/mol. The molecule has 82 valence electrons. The van der Waals surface area contributed by atoms with Crippen molar-refractivity contribution in [3.8, 4) is 0 Å². The summed E-state index contributed by atoms with van der Waals surface area (Å²) < 4.78 is 43.5. The Kier molecular flexibility index (Phi) is 9.79. The van der Waals surface area contributed by atoms with E-state index in [0.717, 1.165) is 7.11 Å². The van der Waals surface area contributed by atoms with Gasteiger partial charge in [0.15, 0.2) is 0 Å². The van der Waals surface area contributed by atoms with Crippen molar-refractivity contribution in [2.45, 2.75) is 6.48 Å². The molecule has 0 radical (unpaired) electrons. The van der Waals surface area contributed by atoms with Crippen LogP contribution in [0.25, 0.3) is 0 Å². The highest BCUT2D eigenvalue weighted by molar-refractivity contribution is 7.80. The van der Waals surface area contributed by atoms with Crippen LogP contribution in [0.4, 0.5) is 0 Å². The first-order valence-electron chi connectivity index (χ1n) is 3.02. The molecule has 0 rings (SSSR count). The van der Waals surface area contributed by atoms with Crippen LogP contribution in [-0.2, 0) is 28.8 Å². The SMILES string of the molecule is COC(OC)OC.COS(=O)(=O)O. The number of hydrogen-bond donors (Lipinski definition) is 1. The van der Waals surface area contributed by atoms with Gasteiger partial charge in [-0.2, -0.15) is 8.42 Å². The zero-order valence-electron chi connectivity index (χ0n) is 7.88. The topological polar surface area (TPSA) is 91.3 Å². The second-order valence-corrected chi connectivity index (χ2v) is 2.78. The maximum Gasteiger partial charge on any atom is 0.397 e. The van der Waals surface area contributed by atoms with Gasteiger partial charge in [-0.25, -0.2) is 0 Å². The fraction of sp³-hybridized carbons (Fsp3) is 1.00. The number of ether oxygens (including phenoxy) is 3. The summed E-state index contributed by atoms with van der Waals surface area (Å²) in [7, 11) is 1.24. The minimum absolute atomic E-state index is 0.514. The number of rotatable bonds is 4. The van der Waals surface area contributed by atoms with Crippen molar-refractivity contribution in [3.63, 3.8) is 0 Å². The average Bonchev–Trinajstić information content (AvgIpc) is 2.07. The summed E-state index contributed by atoms with van der Waals surface area (Å²) in [5, 5.41) is 0. The van der Waals surface area contributed by atoms with Crippen molar-refractivity contribution >= 4 is 10.4 Å². The predicted molar refractivity (Wildman–Crippen MR) is 43.4 cm³/mol. The smallest absolute Gasteiger partial charge is 0.333 e. The van der Waals surface area contributed by atoms with Crippen molar-refractivity contribution in [2.24, 2.45) is 0 Å². The van der Waals surface area contributed by atoms with Gasteiger partial charge in [0.05, 0.1) is 7.11 Å². The molecule has 0 aliphatic rings. The normalized spacial score (nSPS) is 10.9. The Bertz CT molecular complexity index is 178. The molecule has 0 aliphatic carbocycles. The standard InChI is InChI=1S/C4H10O3.CH4O4S/c1-5-4(6-2)7-3;1-5-6(2,3)4/h4H,1-3H3;1H3,(H,2,3,4). The molecular formula is C5H14O7S. The van der Waals surface area contributed by atoms with Gasteiger partial charge in [-0.05, 0) is 0 Å². The van der Waals surface area contributed by atoms with Crippen LogP contribution in [0.2, 0.25) is 0 Å². The zero-order chi connectivity index (χ0) is 10.9. The Balaban J connectivity index is 0. The van der Waals surface area contributed by atoms with Gasteiger partial charge in [-0.1, -0.05) is 0 Å². The Morgan fingerprint density at radius 2 is 1.23 bits per heavy atom. The van der Waals surface area contributed by atoms with Crippen LogP contribution in [-0.4, -0.2) is 47.9 Å². The van der Waals surface area contributed by atoms with Gasteiger partial charge in [0, 0.05) is 21.3 Å². The first-order chi connectivity index (χ1) is 5.91. The monoisotopic (exact) mass is 218 g/mol. The lowest BCUT2D eigenvalue weighted by atomic mass is 11.2. The molecule has 0 aromatic rings. The van der Waals surface area contributed by atoms with E-state index in [1.54, 1.807) is 0 Å². The quantitative estimate of drug-likeness (QED) is 0.509. The molecule has 1 N–H and O–H groups in total. The minimum atomic E-state index is -4.16. The molecule has 0 heterocycles. The van der Waals surface area contributed by atoms with E-state index >= 15 is 0 Å². The molecule has 0 spiro atoms. The second-order valence-electron chi connectivity index (χ2n) is 1.59. The summed E-state index contributed by atoms with van der Waals surface area (Å²) in [6.07, 6.45) is 0. The van der Waals surface area contributed by atoms with Gasteiger partial charge < -0.3 is 14.2 Å². The molecule has 0 unspecified atom stereocenters. The van der Waals surface area contributed by atoms with E-state index in [-0.39, 0.29) is 0 Å². The van der Waals surface area contributed by atoms with E-state index in [9.17, 15) is 8.42 Å². The largest absolute Gasteiger partial charge is 0.397 e. The van der Waals surface area contributed by atoms with E-state index in [1.807, 2.05) is 0 Å². The number of methoxy groups -OCH3 is 3. The molecule has 0 saturated carbocycles. The van der Waals surface area contributed by atoms with Gasteiger partial charge in [0.1, 0.15) is 0 Å². The minimum Gasteiger partial charge on any atom is -0.333 e. The summed E-state index contributed by atoms with van der Waals surface area (Å²) in [6.45, 7) is -0.514. The number of hydrogen-bond acceptors (Lipinski definition) is 6. The average molecular weight is 218 g/mol. The highest BCUT2D eigenvalue weighted by Crippen LogP contribution is 1.87. The van der Waals surface area contributed by atoms with E-state index in [2.05, 4.69) is 18.4 Å². The third kappa shape index (κ3) is 14.6. The van der Waals surface area contributed by atoms with Crippen LogP contribution >= 0.6 is 0 Å². The second kappa shape index (κ2) is 8.35. The van der Waals surface area contributed by atoms with Crippen molar-refractivity contribution < 1.29 is 31.4 Å². The lowest BCUT2D eigenvalue weighted by Crippen LogP contribution is -2.14. The van der Waals surface area contributed by atoms with Crippen molar-refractivity contribution in [1.82, 2.24) is 0 Å². The first kappa shape index (κ1) is 15.2. The van der Waals surface area contributed by atoms with Gasteiger partial charge >= 0.3 is 10.4 Å². The first-order valence-corrected chi connectivity index (χ1v) is 4.39. The molecule has 0 saturated heterocycles. The highest BCUT2D eigenvalue weighted by atomic mass is 32.3. The summed E-state index contributed by atoms with van der Waals surface area (Å²) >= 11 is 0. The highest BCUT2D eigenvalue weighted by Gasteiger charge is 1.97. The molecule has 8 heteroatoms. The van der Waals surface area contributed by atoms with Crippen LogP contribution < -0.4 is 0 Å². The van der Waals surface area contributed by atoms with Crippen LogP contribution in [0.1, 0.15) is 0 Å². The molecule has 0 fully saturated rings. The van der Waals surface area contributed by atoms with Crippen molar-refractivity contribution in [2.75, 3.05) is 28.4 Å². The molecule has 0 aromatic carbocycles. The van der Waals surface area contributed by atoms with Crippen LogP contribution in [0.5, 0.6) is 0 Å². The molecule has 0 atom stereocenters. The fourth-order valence-corrected chi connectivity index (χ4v) is 0.289. The summed E-state index contributed by atoms with van der Waals surface area (Å²) in [4.78, 5) is 0. The van der Waals surface area contributed by atoms with Crippen molar-refractivity contribution in [3.05, 3.63) is 0 Å². The lowest BCUT2D eigenvalue weighted by Gasteiger charge is -2.08. The molecule has 7 nitrogen and oxygen atoms in total. The summed E-state index contributed by atoms with van der Waals surface area (Å²) in [6, 6.07) is 0. The van der Waals surface area contributed by atoms with Gasteiger partial charge in [-0.3, -0.25) is 8.74 Å². The Labute approximate surface area is 77.5 Å². The third-order valence-corrected chi connectivity index (χ3v) is 1.21. The Hall–Kier alpha value is -0.250. The maximum absolute atomic E-state index is 9.33. The van der Waals surface area contributed by atoms with Gasteiger partial charge in [0.25, 0.3) is 6.48 Å². The predicted octanol–water partition coefficient (Wildman–Crippen LogP) is -0.355. The van der Waals surface area contributed by atoms with E-state index in [0.29, 0.717) is 0 Å². The van der Waals surface area contributed by atoms with Gasteiger partial charge in [0.2, 0.25) is 0 Å². The molecule has 0 aromatic heterocycles. The van der Waals surface area contributed by atoms with E-state index in [4.69, 9.17) is 4.55 Å². The lowest BCUT2D eigenvalue weighted by molar-refractivity contribution is -0.252. The van der Waals surface area contributed by atoms with E-state index < -0.39 is 16.9 Å². The van der Waals surface area contributed by atoms with Crippen LogP contribution in [0.3, 0.4) is 0 Å². The summed E-state index contributed by atoms with van der Waals surface area (Å²) in [5.41, 5.74) is 0. The van der Waals surface area contributed by atoms with Crippen molar-refractivity contribution in [1.29, 1.82) is 0 Å². The molecule has 0 bridgehead atoms. The molecule has 0 aliphatic heterocycles. The van der Waals surface area contributed by atoms with Gasteiger partial charge in [-0.15, -0.1) is 0 Å². The Morgan fingerprint density at radius 1 is 1.00 bits per heavy atom. The van der Waals surface area contributed by atoms with Crippen LogP contribution in [0.15, 0.2) is 0 Å². The molecule has 13 heavy (non-hydrogen) atoms. The third-order valence-electron chi connectivity index (χ3n) is 0.788. The van der Waals surface area contributed by atoms with E-state index in [1.165, 1.54) is 21.3 Å². The van der Waals surface area contributed by atoms with Crippen LogP contribution in [0, 0.1) is 0 Å². The molecule has 0 amide bonds. The fourth-order valence-electron chi connectivity index (χ4n) is 0.289. The summed E-state index contributed by atoms with van der Waals surface area (Å²) in [5.74, 6) is 0. The maximum atomic E-state index is 9.33. The zero-order valence-corrected chi connectivity index (χ0v) is 8.70.